The molecule has 0 aliphatic heterocycles. The lowest BCUT2D eigenvalue weighted by Gasteiger charge is -2.09. The molecule has 5 heteroatoms. The van der Waals surface area contributed by atoms with E-state index in [1.807, 2.05) is 48.9 Å². The molecule has 0 unspecified atom stereocenters. The molecule has 0 saturated carbocycles. The second kappa shape index (κ2) is 5.66. The number of benzene rings is 1. The molecule has 0 saturated heterocycles. The summed E-state index contributed by atoms with van der Waals surface area (Å²) in [5.41, 5.74) is 8.94. The van der Waals surface area contributed by atoms with Gasteiger partial charge in [0.2, 0.25) is 0 Å². The van der Waals surface area contributed by atoms with Crippen LogP contribution in [0.15, 0.2) is 55.1 Å². The third kappa shape index (κ3) is 2.86. The molecule has 3 aromatic rings. The zero-order chi connectivity index (χ0) is 14.7. The summed E-state index contributed by atoms with van der Waals surface area (Å²) in [5.74, 6) is 1.36. The van der Waals surface area contributed by atoms with Crippen molar-refractivity contribution in [3.63, 3.8) is 0 Å². The van der Waals surface area contributed by atoms with Crippen LogP contribution in [0.3, 0.4) is 0 Å². The van der Waals surface area contributed by atoms with Gasteiger partial charge >= 0.3 is 0 Å². The monoisotopic (exact) mass is 280 g/mol. The molecule has 0 spiro atoms. The van der Waals surface area contributed by atoms with Crippen molar-refractivity contribution in [3.8, 4) is 17.0 Å². The topological polar surface area (TPSA) is 66.0 Å². The number of rotatable bonds is 4. The number of imidazole rings is 1. The van der Waals surface area contributed by atoms with Gasteiger partial charge in [-0.3, -0.25) is 0 Å². The van der Waals surface area contributed by atoms with Crippen molar-refractivity contribution in [1.29, 1.82) is 0 Å². The quantitative estimate of drug-likeness (QED) is 0.797. The Morgan fingerprint density at radius 2 is 2.00 bits per heavy atom. The molecule has 106 valence electrons. The van der Waals surface area contributed by atoms with E-state index in [0.717, 1.165) is 23.6 Å². The highest BCUT2D eigenvalue weighted by atomic mass is 16.5. The summed E-state index contributed by atoms with van der Waals surface area (Å²) < 4.78 is 7.25. The maximum atomic E-state index is 5.74. The van der Waals surface area contributed by atoms with Gasteiger partial charge in [0.1, 0.15) is 11.6 Å². The van der Waals surface area contributed by atoms with E-state index >= 15 is 0 Å². The zero-order valence-electron chi connectivity index (χ0n) is 11.7. The van der Waals surface area contributed by atoms with E-state index in [-0.39, 0.29) is 0 Å². The molecule has 0 bridgehead atoms. The van der Waals surface area contributed by atoms with E-state index in [1.165, 1.54) is 5.56 Å². The molecule has 0 aliphatic carbocycles. The van der Waals surface area contributed by atoms with Crippen LogP contribution in [0.2, 0.25) is 0 Å². The highest BCUT2D eigenvalue weighted by molar-refractivity contribution is 5.61. The van der Waals surface area contributed by atoms with E-state index in [1.54, 1.807) is 13.3 Å². The fourth-order valence-electron chi connectivity index (χ4n) is 2.22. The predicted octanol–water partition coefficient (Wildman–Crippen LogP) is 2.58. The van der Waals surface area contributed by atoms with E-state index in [2.05, 4.69) is 14.5 Å². The Hall–Kier alpha value is -2.82. The molecule has 0 atom stereocenters. The van der Waals surface area contributed by atoms with Crippen molar-refractivity contribution in [2.24, 2.45) is 0 Å². The van der Waals surface area contributed by atoms with Gasteiger partial charge in [-0.2, -0.15) is 0 Å². The maximum absolute atomic E-state index is 5.74. The minimum absolute atomic E-state index is 0.504. The lowest BCUT2D eigenvalue weighted by Crippen LogP contribution is -2.01. The lowest BCUT2D eigenvalue weighted by molar-refractivity contribution is 0.414. The van der Waals surface area contributed by atoms with E-state index in [4.69, 9.17) is 10.5 Å². The normalized spacial score (nSPS) is 10.5. The van der Waals surface area contributed by atoms with Gasteiger partial charge in [-0.05, 0) is 29.8 Å². The van der Waals surface area contributed by atoms with Crippen molar-refractivity contribution in [2.75, 3.05) is 12.8 Å². The second-order valence-corrected chi connectivity index (χ2v) is 4.72. The smallest absolute Gasteiger partial charge is 0.123 e. The fourth-order valence-corrected chi connectivity index (χ4v) is 2.22. The van der Waals surface area contributed by atoms with Gasteiger partial charge in [-0.25, -0.2) is 9.97 Å². The van der Waals surface area contributed by atoms with Crippen LogP contribution in [0.25, 0.3) is 11.3 Å². The molecule has 0 aliphatic rings. The Morgan fingerprint density at radius 1 is 1.19 bits per heavy atom. The Kier molecular flexibility index (Phi) is 3.55. The van der Waals surface area contributed by atoms with E-state index in [9.17, 15) is 0 Å². The fraction of sp³-hybridized carbons (Fsp3) is 0.125. The summed E-state index contributed by atoms with van der Waals surface area (Å²) in [7, 11) is 1.66. The van der Waals surface area contributed by atoms with E-state index in [0.29, 0.717) is 5.82 Å². The lowest BCUT2D eigenvalue weighted by atomic mass is 10.2. The maximum Gasteiger partial charge on any atom is 0.123 e. The summed E-state index contributed by atoms with van der Waals surface area (Å²) in [6.07, 6.45) is 5.35. The number of hydrogen-bond donors (Lipinski definition) is 1. The van der Waals surface area contributed by atoms with Crippen LogP contribution in [0, 0.1) is 0 Å². The number of aromatic nitrogens is 3. The number of nitrogen functional groups attached to an aromatic ring is 1. The first kappa shape index (κ1) is 13.2. The molecule has 0 fully saturated rings. The molecule has 0 amide bonds. The predicted molar refractivity (Wildman–Crippen MR) is 82.0 cm³/mol. The number of nitrogens with zero attached hydrogens (tertiary/aromatic N) is 3. The third-order valence-corrected chi connectivity index (χ3v) is 3.30. The van der Waals surface area contributed by atoms with Crippen LogP contribution in [0.4, 0.5) is 5.82 Å². The molecule has 3 rings (SSSR count). The molecule has 2 aromatic heterocycles. The zero-order valence-corrected chi connectivity index (χ0v) is 11.7. The van der Waals surface area contributed by atoms with E-state index < -0.39 is 0 Å². The average Bonchev–Trinajstić information content (AvgIpc) is 2.96. The van der Waals surface area contributed by atoms with Crippen LogP contribution in [-0.4, -0.2) is 21.6 Å². The average molecular weight is 280 g/mol. The molecule has 0 radical (unpaired) electrons. The molecule has 2 heterocycles. The Bertz CT molecular complexity index is 734. The molecule has 2 N–H and O–H groups in total. The van der Waals surface area contributed by atoms with Crippen molar-refractivity contribution < 1.29 is 4.74 Å². The molecule has 5 nitrogen and oxygen atoms in total. The van der Waals surface area contributed by atoms with Crippen LogP contribution < -0.4 is 10.5 Å². The minimum Gasteiger partial charge on any atom is -0.497 e. The largest absolute Gasteiger partial charge is 0.497 e. The van der Waals surface area contributed by atoms with Gasteiger partial charge in [-0.1, -0.05) is 12.1 Å². The standard InChI is InChI=1S/C16H16N4O/c1-21-14-4-2-12(3-5-14)10-20-11-18-9-15(20)13-6-7-19-16(17)8-13/h2-9,11H,10H2,1H3,(H2,17,19). The van der Waals surface area contributed by atoms with Gasteiger partial charge in [-0.15, -0.1) is 0 Å². The van der Waals surface area contributed by atoms with Gasteiger partial charge in [0.15, 0.2) is 0 Å². The van der Waals surface area contributed by atoms with Crippen molar-refractivity contribution in [3.05, 3.63) is 60.7 Å². The number of methoxy groups -OCH3 is 1. The number of hydrogen-bond acceptors (Lipinski definition) is 4. The molecular weight excluding hydrogens is 264 g/mol. The van der Waals surface area contributed by atoms with Gasteiger partial charge in [0, 0.05) is 18.3 Å². The summed E-state index contributed by atoms with van der Waals surface area (Å²) in [5, 5.41) is 0. The Labute approximate surface area is 123 Å². The molecule has 1 aromatic carbocycles. The third-order valence-electron chi connectivity index (χ3n) is 3.30. The Morgan fingerprint density at radius 3 is 2.71 bits per heavy atom. The number of nitrogens with two attached hydrogens (primary N) is 1. The highest BCUT2D eigenvalue weighted by Gasteiger charge is 2.06. The second-order valence-electron chi connectivity index (χ2n) is 4.72. The SMILES string of the molecule is COc1ccc(Cn2cncc2-c2ccnc(N)c2)cc1. The van der Waals surface area contributed by atoms with Crippen LogP contribution in [-0.2, 0) is 6.54 Å². The van der Waals surface area contributed by atoms with Gasteiger partial charge in [0.25, 0.3) is 0 Å². The van der Waals surface area contributed by atoms with Crippen LogP contribution in [0.1, 0.15) is 5.56 Å². The summed E-state index contributed by atoms with van der Waals surface area (Å²) in [6, 6.07) is 11.8. The first-order chi connectivity index (χ1) is 10.3. The summed E-state index contributed by atoms with van der Waals surface area (Å²) >= 11 is 0. The number of pyridine rings is 1. The first-order valence-corrected chi connectivity index (χ1v) is 6.61. The van der Waals surface area contributed by atoms with Crippen molar-refractivity contribution in [2.45, 2.75) is 6.54 Å². The molecular formula is C16H16N4O. The summed E-state index contributed by atoms with van der Waals surface area (Å²) in [4.78, 5) is 8.25. The van der Waals surface area contributed by atoms with Crippen molar-refractivity contribution >= 4 is 5.82 Å². The van der Waals surface area contributed by atoms with Gasteiger partial charge in [0.05, 0.1) is 25.3 Å². The van der Waals surface area contributed by atoms with Gasteiger partial charge < -0.3 is 15.0 Å². The summed E-state index contributed by atoms with van der Waals surface area (Å²) in [6.45, 7) is 0.738. The molecule has 21 heavy (non-hydrogen) atoms. The van der Waals surface area contributed by atoms with Crippen LogP contribution >= 0.6 is 0 Å². The number of anilines is 1. The highest BCUT2D eigenvalue weighted by Crippen LogP contribution is 2.21. The van der Waals surface area contributed by atoms with Crippen molar-refractivity contribution in [1.82, 2.24) is 14.5 Å². The van der Waals surface area contributed by atoms with Crippen LogP contribution in [0.5, 0.6) is 5.75 Å². The number of ether oxygens (including phenoxy) is 1. The Balaban J connectivity index is 1.88. The minimum atomic E-state index is 0.504. The first-order valence-electron chi connectivity index (χ1n) is 6.61.